The van der Waals surface area contributed by atoms with Gasteiger partial charge in [0, 0.05) is 6.42 Å². The number of aryl methyl sites for hydroxylation is 2. The van der Waals surface area contributed by atoms with E-state index < -0.39 is 0 Å². The fourth-order valence-electron chi connectivity index (χ4n) is 2.77. The van der Waals surface area contributed by atoms with Crippen LogP contribution < -0.4 is 4.57 Å². The zero-order chi connectivity index (χ0) is 14.6. The first kappa shape index (κ1) is 17.3. The molecule has 0 radical (unpaired) electrons. The molecule has 1 aromatic heterocycles. The molecule has 20 heavy (non-hydrogen) atoms. The number of H-pyrrole nitrogens is 1. The zero-order valence-corrected chi connectivity index (χ0v) is 14.0. The number of unbranched alkanes of at least 4 members (excludes halogenated alkanes) is 8. The Balaban J connectivity index is 1.80. The van der Waals surface area contributed by atoms with Crippen molar-refractivity contribution in [2.24, 2.45) is 13.0 Å². The normalized spacial score (nSPS) is 11.4. The van der Waals surface area contributed by atoms with Gasteiger partial charge in [-0.25, -0.2) is 9.55 Å². The number of aromatic amines is 1. The van der Waals surface area contributed by atoms with Crippen LogP contribution in [0.25, 0.3) is 0 Å². The van der Waals surface area contributed by atoms with Gasteiger partial charge in [-0.2, -0.15) is 0 Å². The Hall–Kier alpha value is -0.790. The first-order valence-electron chi connectivity index (χ1n) is 8.72. The Morgan fingerprint density at radius 2 is 1.45 bits per heavy atom. The molecule has 0 spiro atoms. The van der Waals surface area contributed by atoms with Gasteiger partial charge in [0.1, 0.15) is 12.4 Å². The third-order valence-corrected chi connectivity index (χ3v) is 4.17. The van der Waals surface area contributed by atoms with E-state index in [1.807, 2.05) is 6.20 Å². The Bertz CT molecular complexity index is 328. The molecule has 0 atom stereocenters. The van der Waals surface area contributed by atoms with Crippen LogP contribution in [0.3, 0.4) is 0 Å². The molecule has 0 fully saturated rings. The Labute approximate surface area is 126 Å². The van der Waals surface area contributed by atoms with Gasteiger partial charge in [0.05, 0.1) is 7.05 Å². The highest BCUT2D eigenvalue weighted by atomic mass is 15.0. The van der Waals surface area contributed by atoms with Gasteiger partial charge in [-0.05, 0) is 12.3 Å². The highest BCUT2D eigenvalue weighted by molar-refractivity contribution is 4.76. The van der Waals surface area contributed by atoms with Gasteiger partial charge >= 0.3 is 0 Å². The molecule has 116 valence electrons. The first-order valence-corrected chi connectivity index (χ1v) is 8.72. The van der Waals surface area contributed by atoms with Crippen LogP contribution in [0.2, 0.25) is 0 Å². The largest absolute Gasteiger partial charge is 0.253 e. The van der Waals surface area contributed by atoms with Gasteiger partial charge in [-0.15, -0.1) is 0 Å². The van der Waals surface area contributed by atoms with Crippen molar-refractivity contribution in [3.8, 4) is 0 Å². The number of rotatable bonds is 12. The Kier molecular flexibility index (Phi) is 9.44. The minimum absolute atomic E-state index is 0.886. The van der Waals surface area contributed by atoms with Crippen LogP contribution >= 0.6 is 0 Å². The van der Waals surface area contributed by atoms with Crippen LogP contribution in [0.5, 0.6) is 0 Å². The molecule has 0 bridgehead atoms. The number of hydrogen-bond donors (Lipinski definition) is 1. The second-order valence-corrected chi connectivity index (χ2v) is 6.63. The van der Waals surface area contributed by atoms with E-state index in [0.717, 1.165) is 5.92 Å². The number of imidazole rings is 1. The second-order valence-electron chi connectivity index (χ2n) is 6.63. The quantitative estimate of drug-likeness (QED) is 0.413. The molecule has 0 aliphatic rings. The number of nitrogens with one attached hydrogen (secondary N) is 1. The fraction of sp³-hybridized carbons (Fsp3) is 0.833. The maximum absolute atomic E-state index is 3.31. The summed E-state index contributed by atoms with van der Waals surface area (Å²) >= 11 is 0. The molecule has 1 aromatic rings. The molecule has 0 unspecified atom stereocenters. The van der Waals surface area contributed by atoms with E-state index in [1.54, 1.807) is 0 Å². The SMILES string of the molecule is CC(C)CCCCCCCCCCCc1[nH]cc[n+]1C. The monoisotopic (exact) mass is 279 g/mol. The van der Waals surface area contributed by atoms with Crippen molar-refractivity contribution in [3.05, 3.63) is 18.2 Å². The summed E-state index contributed by atoms with van der Waals surface area (Å²) in [6, 6.07) is 0. The van der Waals surface area contributed by atoms with Crippen molar-refractivity contribution >= 4 is 0 Å². The molecule has 2 heteroatoms. The minimum atomic E-state index is 0.886. The molecule has 0 aromatic carbocycles. The van der Waals surface area contributed by atoms with Gasteiger partial charge in [-0.3, -0.25) is 0 Å². The molecule has 0 saturated carbocycles. The molecule has 1 heterocycles. The summed E-state index contributed by atoms with van der Waals surface area (Å²) in [6.07, 6.45) is 19.5. The minimum Gasteiger partial charge on any atom is -0.248 e. The second kappa shape index (κ2) is 10.9. The Morgan fingerprint density at radius 1 is 0.900 bits per heavy atom. The van der Waals surface area contributed by atoms with Crippen LogP contribution in [0.15, 0.2) is 12.4 Å². The summed E-state index contributed by atoms with van der Waals surface area (Å²) in [5, 5.41) is 0. The van der Waals surface area contributed by atoms with Crippen molar-refractivity contribution in [2.75, 3.05) is 0 Å². The van der Waals surface area contributed by atoms with E-state index in [-0.39, 0.29) is 0 Å². The van der Waals surface area contributed by atoms with E-state index in [4.69, 9.17) is 0 Å². The van der Waals surface area contributed by atoms with Crippen LogP contribution in [-0.4, -0.2) is 4.98 Å². The predicted octanol–water partition coefficient (Wildman–Crippen LogP) is 4.94. The van der Waals surface area contributed by atoms with Gasteiger partial charge in [0.15, 0.2) is 0 Å². The lowest BCUT2D eigenvalue weighted by Gasteiger charge is -2.04. The smallest absolute Gasteiger partial charge is 0.248 e. The average molecular weight is 279 g/mol. The molecular formula is C18H35N2+. The van der Waals surface area contributed by atoms with E-state index >= 15 is 0 Å². The summed E-state index contributed by atoms with van der Waals surface area (Å²) in [6.45, 7) is 4.65. The van der Waals surface area contributed by atoms with Crippen molar-refractivity contribution in [1.29, 1.82) is 0 Å². The van der Waals surface area contributed by atoms with Crippen molar-refractivity contribution < 1.29 is 4.57 Å². The van der Waals surface area contributed by atoms with E-state index in [2.05, 4.69) is 36.6 Å². The van der Waals surface area contributed by atoms with Crippen molar-refractivity contribution in [3.63, 3.8) is 0 Å². The van der Waals surface area contributed by atoms with Crippen LogP contribution in [-0.2, 0) is 13.5 Å². The Morgan fingerprint density at radius 3 is 1.95 bits per heavy atom. The third-order valence-electron chi connectivity index (χ3n) is 4.17. The lowest BCUT2D eigenvalue weighted by Crippen LogP contribution is -2.30. The summed E-state index contributed by atoms with van der Waals surface area (Å²) in [4.78, 5) is 3.31. The van der Waals surface area contributed by atoms with Crippen LogP contribution in [0, 0.1) is 5.92 Å². The summed E-state index contributed by atoms with van der Waals surface area (Å²) < 4.78 is 2.19. The van der Waals surface area contributed by atoms with Crippen LogP contribution in [0.4, 0.5) is 0 Å². The maximum atomic E-state index is 3.31. The maximum Gasteiger partial charge on any atom is 0.253 e. The third kappa shape index (κ3) is 8.39. The standard InChI is InChI=1S/C18H34N2/c1-17(2)13-11-9-7-5-4-6-8-10-12-14-18-19-15-16-20(18)3/h15-17H,4-14H2,1-3H3/p+1. The fourth-order valence-corrected chi connectivity index (χ4v) is 2.77. The van der Waals surface area contributed by atoms with Crippen molar-refractivity contribution in [1.82, 2.24) is 4.98 Å². The highest BCUT2D eigenvalue weighted by Gasteiger charge is 2.04. The van der Waals surface area contributed by atoms with Gasteiger partial charge in [0.25, 0.3) is 5.82 Å². The molecular weight excluding hydrogens is 244 g/mol. The van der Waals surface area contributed by atoms with Crippen molar-refractivity contribution in [2.45, 2.75) is 84.5 Å². The number of nitrogens with zero attached hydrogens (tertiary/aromatic N) is 1. The first-order chi connectivity index (χ1) is 9.70. The summed E-state index contributed by atoms with van der Waals surface area (Å²) in [5.74, 6) is 2.24. The summed E-state index contributed by atoms with van der Waals surface area (Å²) in [7, 11) is 2.12. The molecule has 0 saturated heterocycles. The predicted molar refractivity (Wildman–Crippen MR) is 86.7 cm³/mol. The van der Waals surface area contributed by atoms with Crippen LogP contribution in [0.1, 0.15) is 83.9 Å². The van der Waals surface area contributed by atoms with Gasteiger partial charge in [0.2, 0.25) is 0 Å². The van der Waals surface area contributed by atoms with E-state index in [1.165, 1.54) is 76.5 Å². The number of aromatic nitrogens is 2. The lowest BCUT2D eigenvalue weighted by atomic mass is 10.0. The molecule has 0 aliphatic carbocycles. The molecule has 1 N–H and O–H groups in total. The highest BCUT2D eigenvalue weighted by Crippen LogP contribution is 2.13. The average Bonchev–Trinajstić information content (AvgIpc) is 2.81. The number of hydrogen-bond acceptors (Lipinski definition) is 0. The molecule has 2 nitrogen and oxygen atoms in total. The van der Waals surface area contributed by atoms with Gasteiger partial charge in [-0.1, -0.05) is 71.6 Å². The topological polar surface area (TPSA) is 19.7 Å². The molecule has 1 rings (SSSR count). The molecule has 0 amide bonds. The molecule has 0 aliphatic heterocycles. The lowest BCUT2D eigenvalue weighted by molar-refractivity contribution is -0.677. The summed E-state index contributed by atoms with van der Waals surface area (Å²) in [5.41, 5.74) is 0. The van der Waals surface area contributed by atoms with E-state index in [0.29, 0.717) is 0 Å². The van der Waals surface area contributed by atoms with Gasteiger partial charge < -0.3 is 0 Å². The van der Waals surface area contributed by atoms with E-state index in [9.17, 15) is 0 Å². The zero-order valence-electron chi connectivity index (χ0n) is 14.0.